The molecule has 0 unspecified atom stereocenters. The number of hydrogen-bond acceptors (Lipinski definition) is 6. The predicted molar refractivity (Wildman–Crippen MR) is 84.7 cm³/mol. The average molecular weight is 346 g/mol. The van der Waals surface area contributed by atoms with E-state index in [4.69, 9.17) is 14.2 Å². The summed E-state index contributed by atoms with van der Waals surface area (Å²) in [6, 6.07) is 8.32. The fourth-order valence-corrected chi connectivity index (χ4v) is 2.51. The number of carbonyl (C=O) groups excluding carboxylic acids is 2. The van der Waals surface area contributed by atoms with Crippen molar-refractivity contribution in [1.82, 2.24) is 10.9 Å². The first kappa shape index (κ1) is 16.7. The van der Waals surface area contributed by atoms with E-state index in [-0.39, 0.29) is 16.9 Å². The van der Waals surface area contributed by atoms with Crippen molar-refractivity contribution in [2.24, 2.45) is 0 Å². The van der Waals surface area contributed by atoms with Gasteiger partial charge in [0.05, 0.1) is 14.2 Å². The van der Waals surface area contributed by atoms with Crippen molar-refractivity contribution in [2.75, 3.05) is 14.2 Å². The molecule has 25 heavy (non-hydrogen) atoms. The van der Waals surface area contributed by atoms with Gasteiger partial charge in [0.2, 0.25) is 0 Å². The highest BCUT2D eigenvalue weighted by Gasteiger charge is 2.36. The molecule has 2 aromatic carbocycles. The normalized spacial score (nSPS) is 15.3. The third-order valence-corrected chi connectivity index (χ3v) is 3.71. The van der Waals surface area contributed by atoms with Crippen molar-refractivity contribution in [3.63, 3.8) is 0 Å². The van der Waals surface area contributed by atoms with Crippen LogP contribution in [0.4, 0.5) is 4.39 Å². The fraction of sp³-hybridized carbons (Fsp3) is 0.176. The topological polar surface area (TPSA) is 85.9 Å². The van der Waals surface area contributed by atoms with Gasteiger partial charge in [0, 0.05) is 11.1 Å². The van der Waals surface area contributed by atoms with Crippen molar-refractivity contribution in [1.29, 1.82) is 0 Å². The zero-order valence-corrected chi connectivity index (χ0v) is 13.5. The molecule has 0 fully saturated rings. The molecular formula is C17H15FN2O5. The average Bonchev–Trinajstić information content (AvgIpc) is 2.95. The molecule has 0 bridgehead atoms. The van der Waals surface area contributed by atoms with Gasteiger partial charge < -0.3 is 14.2 Å². The number of amides is 1. The number of hydrazine groups is 1. The molecule has 1 heterocycles. The smallest absolute Gasteiger partial charge is 0.344 e. The van der Waals surface area contributed by atoms with E-state index >= 15 is 0 Å². The number of esters is 1. The number of cyclic esters (lactones) is 1. The van der Waals surface area contributed by atoms with E-state index in [9.17, 15) is 14.0 Å². The Kier molecular flexibility index (Phi) is 4.53. The second-order valence-electron chi connectivity index (χ2n) is 5.16. The van der Waals surface area contributed by atoms with E-state index < -0.39 is 23.9 Å². The minimum atomic E-state index is -0.883. The molecule has 0 radical (unpaired) electrons. The van der Waals surface area contributed by atoms with E-state index in [0.29, 0.717) is 11.3 Å². The van der Waals surface area contributed by atoms with Crippen molar-refractivity contribution >= 4 is 11.9 Å². The molecule has 0 spiro atoms. The first-order valence-electron chi connectivity index (χ1n) is 7.32. The first-order valence-corrected chi connectivity index (χ1v) is 7.32. The van der Waals surface area contributed by atoms with Crippen LogP contribution in [-0.4, -0.2) is 26.1 Å². The number of methoxy groups -OCH3 is 2. The molecule has 2 N–H and O–H groups in total. The Morgan fingerprint density at radius 1 is 1.12 bits per heavy atom. The Bertz CT molecular complexity index is 823. The second kappa shape index (κ2) is 6.78. The van der Waals surface area contributed by atoms with E-state index in [2.05, 4.69) is 10.9 Å². The van der Waals surface area contributed by atoms with E-state index in [1.165, 1.54) is 38.5 Å². The van der Waals surface area contributed by atoms with Gasteiger partial charge in [0.25, 0.3) is 5.91 Å². The highest BCUT2D eigenvalue weighted by Crippen LogP contribution is 2.40. The number of nitrogens with one attached hydrogen (secondary N) is 2. The molecule has 1 atom stereocenters. The van der Waals surface area contributed by atoms with Crippen LogP contribution in [0.3, 0.4) is 0 Å². The van der Waals surface area contributed by atoms with Crippen LogP contribution in [0, 0.1) is 5.82 Å². The molecule has 1 amide bonds. The number of fused-ring (bicyclic) bond motifs is 1. The molecule has 130 valence electrons. The Morgan fingerprint density at radius 2 is 1.84 bits per heavy atom. The third kappa shape index (κ3) is 3.11. The summed E-state index contributed by atoms with van der Waals surface area (Å²) in [6.45, 7) is 0. The molecule has 0 aliphatic carbocycles. The molecule has 1 aliphatic rings. The third-order valence-electron chi connectivity index (χ3n) is 3.71. The van der Waals surface area contributed by atoms with Gasteiger partial charge in [-0.3, -0.25) is 10.2 Å². The lowest BCUT2D eigenvalue weighted by molar-refractivity contribution is 0.0260. The summed E-state index contributed by atoms with van der Waals surface area (Å²) in [5, 5.41) is 0. The Labute approximate surface area is 142 Å². The maximum Gasteiger partial charge on any atom is 0.344 e. The van der Waals surface area contributed by atoms with Crippen molar-refractivity contribution in [3.8, 4) is 11.5 Å². The van der Waals surface area contributed by atoms with Crippen molar-refractivity contribution in [3.05, 3.63) is 58.9 Å². The minimum Gasteiger partial charge on any atom is -0.493 e. The van der Waals surface area contributed by atoms with Crippen LogP contribution in [0.25, 0.3) is 0 Å². The van der Waals surface area contributed by atoms with Crippen LogP contribution in [-0.2, 0) is 4.74 Å². The van der Waals surface area contributed by atoms with E-state index in [1.807, 2.05) is 0 Å². The van der Waals surface area contributed by atoms with E-state index in [1.54, 1.807) is 12.1 Å². The van der Waals surface area contributed by atoms with Gasteiger partial charge in [-0.05, 0) is 36.4 Å². The lowest BCUT2D eigenvalue weighted by Crippen LogP contribution is -2.40. The standard InChI is InChI=1S/C17H15FN2O5/c1-23-12-8-7-11-13(14(12)24-2)17(22)25-16(11)20-19-15(21)9-3-5-10(18)6-4-9/h3-8,16,20H,1-2H3,(H,19,21)/t16-/m0/s1. The number of rotatable bonds is 5. The largest absolute Gasteiger partial charge is 0.493 e. The molecular weight excluding hydrogens is 331 g/mol. The van der Waals surface area contributed by atoms with Gasteiger partial charge in [-0.15, -0.1) is 0 Å². The summed E-state index contributed by atoms with van der Waals surface area (Å²) in [6.07, 6.45) is -0.883. The molecule has 3 rings (SSSR count). The Balaban J connectivity index is 1.77. The van der Waals surface area contributed by atoms with Gasteiger partial charge in [-0.2, -0.15) is 5.43 Å². The number of ether oxygens (including phenoxy) is 3. The lowest BCUT2D eigenvalue weighted by atomic mass is 10.1. The van der Waals surface area contributed by atoms with Gasteiger partial charge in [0.15, 0.2) is 17.7 Å². The zero-order valence-electron chi connectivity index (χ0n) is 13.5. The van der Waals surface area contributed by atoms with Crippen molar-refractivity contribution in [2.45, 2.75) is 6.23 Å². The molecule has 1 aliphatic heterocycles. The molecule has 8 heteroatoms. The van der Waals surface area contributed by atoms with Crippen LogP contribution in [0.2, 0.25) is 0 Å². The highest BCUT2D eigenvalue weighted by molar-refractivity contribution is 5.98. The van der Waals surface area contributed by atoms with Crippen LogP contribution in [0.1, 0.15) is 32.5 Å². The van der Waals surface area contributed by atoms with Crippen LogP contribution in [0.15, 0.2) is 36.4 Å². The summed E-state index contributed by atoms with van der Waals surface area (Å²) < 4.78 is 28.5. The molecule has 0 saturated carbocycles. The first-order chi connectivity index (χ1) is 12.0. The number of carbonyl (C=O) groups is 2. The molecule has 0 saturated heterocycles. The summed E-state index contributed by atoms with van der Waals surface area (Å²) in [7, 11) is 2.88. The van der Waals surface area contributed by atoms with Gasteiger partial charge >= 0.3 is 5.97 Å². The quantitative estimate of drug-likeness (QED) is 0.636. The van der Waals surface area contributed by atoms with Gasteiger partial charge in [0.1, 0.15) is 11.4 Å². The molecule has 7 nitrogen and oxygen atoms in total. The van der Waals surface area contributed by atoms with Gasteiger partial charge in [-0.1, -0.05) is 0 Å². The summed E-state index contributed by atoms with van der Waals surface area (Å²) in [5.41, 5.74) is 6.05. The second-order valence-corrected chi connectivity index (χ2v) is 5.16. The monoisotopic (exact) mass is 346 g/mol. The lowest BCUT2D eigenvalue weighted by Gasteiger charge is -2.14. The maximum atomic E-state index is 12.9. The zero-order chi connectivity index (χ0) is 18.0. The number of halogens is 1. The predicted octanol–water partition coefficient (Wildman–Crippen LogP) is 1.95. The maximum absolute atomic E-state index is 12.9. The molecule has 0 aromatic heterocycles. The van der Waals surface area contributed by atoms with Crippen LogP contribution in [0.5, 0.6) is 11.5 Å². The highest BCUT2D eigenvalue weighted by atomic mass is 19.1. The molecule has 2 aromatic rings. The SMILES string of the molecule is COc1ccc2c(c1OC)C(=O)O[C@@H]2NNC(=O)c1ccc(F)cc1. The number of hydrogen-bond donors (Lipinski definition) is 2. The number of benzene rings is 2. The summed E-state index contributed by atoms with van der Waals surface area (Å²) in [4.78, 5) is 24.2. The summed E-state index contributed by atoms with van der Waals surface area (Å²) >= 11 is 0. The fourth-order valence-electron chi connectivity index (χ4n) is 2.51. The van der Waals surface area contributed by atoms with Crippen LogP contribution < -0.4 is 20.3 Å². The van der Waals surface area contributed by atoms with E-state index in [0.717, 1.165) is 0 Å². The van der Waals surface area contributed by atoms with Crippen LogP contribution >= 0.6 is 0 Å². The van der Waals surface area contributed by atoms with Gasteiger partial charge in [-0.25, -0.2) is 9.18 Å². The van der Waals surface area contributed by atoms with Crippen molar-refractivity contribution < 1.29 is 28.2 Å². The minimum absolute atomic E-state index is 0.232. The summed E-state index contributed by atoms with van der Waals surface area (Å²) in [5.74, 6) is -0.873. The Hall–Kier alpha value is -3.13. The Morgan fingerprint density at radius 3 is 2.48 bits per heavy atom.